The predicted octanol–water partition coefficient (Wildman–Crippen LogP) is 15.6. The van der Waals surface area contributed by atoms with Gasteiger partial charge >= 0.3 is 0 Å². The molecule has 8 rings (SSSR count). The lowest BCUT2D eigenvalue weighted by Crippen LogP contribution is -2.66. The van der Waals surface area contributed by atoms with E-state index in [0.717, 1.165) is 51.4 Å². The molecule has 8 unspecified atom stereocenters. The summed E-state index contributed by atoms with van der Waals surface area (Å²) < 4.78 is 0. The molecule has 0 aromatic rings. The Hall–Kier alpha value is -0.680. The van der Waals surface area contributed by atoms with Crippen LogP contribution in [0.25, 0.3) is 0 Å². The van der Waals surface area contributed by atoms with Gasteiger partial charge in [-0.25, -0.2) is 0 Å². The number of aliphatic hydroxyl groups excluding tert-OH is 4. The van der Waals surface area contributed by atoms with Gasteiger partial charge in [-0.2, -0.15) is 0 Å². The molecule has 4 N–H and O–H groups in total. The van der Waals surface area contributed by atoms with Crippen molar-refractivity contribution in [3.8, 4) is 0 Å². The number of hydrogen-bond donors (Lipinski definition) is 4. The number of fused-ring (bicyclic) bond motifs is 10. The van der Waals surface area contributed by atoms with Gasteiger partial charge in [0.05, 0.1) is 24.4 Å². The van der Waals surface area contributed by atoms with Gasteiger partial charge in [-0.05, 0) is 245 Å². The maximum Gasteiger partial charge on any atom is 0.0594 e. The first-order valence-corrected chi connectivity index (χ1v) is 28.2. The zero-order chi connectivity index (χ0) is 49.2. The van der Waals surface area contributed by atoms with Gasteiger partial charge in [0.25, 0.3) is 0 Å². The van der Waals surface area contributed by atoms with Crippen molar-refractivity contribution in [1.82, 2.24) is 0 Å². The molecule has 0 aromatic carbocycles. The van der Waals surface area contributed by atoms with Gasteiger partial charge in [-0.3, -0.25) is 0 Å². The molecule has 66 heavy (non-hydrogen) atoms. The van der Waals surface area contributed by atoms with Crippen LogP contribution in [-0.4, -0.2) is 44.8 Å². The molecule has 0 heterocycles. The summed E-state index contributed by atoms with van der Waals surface area (Å²) in [7, 11) is 0. The van der Waals surface area contributed by atoms with Gasteiger partial charge in [0.15, 0.2) is 0 Å². The molecular formula is C62H108O4. The first kappa shape index (κ1) is 53.1. The van der Waals surface area contributed by atoms with E-state index < -0.39 is 0 Å². The van der Waals surface area contributed by atoms with Crippen LogP contribution >= 0.6 is 0 Å². The van der Waals surface area contributed by atoms with Crippen LogP contribution in [0.5, 0.6) is 0 Å². The van der Waals surface area contributed by atoms with Crippen molar-refractivity contribution in [3.05, 3.63) is 23.3 Å². The topological polar surface area (TPSA) is 80.9 Å². The second-order valence-electron chi connectivity index (χ2n) is 30.3. The molecule has 380 valence electrons. The normalized spacial score (nSPS) is 49.1. The highest BCUT2D eigenvalue weighted by molar-refractivity contribution is 5.22. The Balaban J connectivity index is 0.000000196. The van der Waals surface area contributed by atoms with Crippen molar-refractivity contribution in [2.75, 3.05) is 0 Å². The Morgan fingerprint density at radius 1 is 0.439 bits per heavy atom. The molecule has 0 saturated heterocycles. The highest BCUT2D eigenvalue weighted by Gasteiger charge is 2.73. The number of hydrogen-bond acceptors (Lipinski definition) is 4. The van der Waals surface area contributed by atoms with Gasteiger partial charge in [0, 0.05) is 0 Å². The first-order valence-electron chi connectivity index (χ1n) is 28.2. The Morgan fingerprint density at radius 2 is 0.758 bits per heavy atom. The lowest BCUT2D eigenvalue weighted by atomic mass is 9.35. The first-order chi connectivity index (χ1) is 30.2. The molecule has 18 atom stereocenters. The van der Waals surface area contributed by atoms with Crippen molar-refractivity contribution < 1.29 is 20.4 Å². The van der Waals surface area contributed by atoms with E-state index in [1.54, 1.807) is 0 Å². The van der Waals surface area contributed by atoms with Crippen LogP contribution in [0.3, 0.4) is 0 Å². The molecule has 8 saturated carbocycles. The van der Waals surface area contributed by atoms with E-state index in [1.165, 1.54) is 75.4 Å². The third-order valence-corrected chi connectivity index (χ3v) is 25.4. The third kappa shape index (κ3) is 8.00. The van der Waals surface area contributed by atoms with E-state index in [4.69, 9.17) is 0 Å². The fourth-order valence-electron chi connectivity index (χ4n) is 21.1. The summed E-state index contributed by atoms with van der Waals surface area (Å²) in [5.74, 6) is 4.27. The molecule has 8 aliphatic rings. The fraction of sp³-hybridized carbons (Fsp3) is 0.935. The standard InChI is InChI=1S/2C31H54O2/c2*1-20(2)11-10-15-27(3,4)21-12-17-31(9)26(21)22(32)19-24-29(7)16-14-25(33)28(5,6)23(29)13-18-30(24,31)8/h2*11,21-26,32-33H,10,12-19H2,1-9H3/t2*21?,22-,23?,24?,25+,26?,29+,30-,31-/m11/s1. The van der Waals surface area contributed by atoms with Crippen LogP contribution < -0.4 is 0 Å². The van der Waals surface area contributed by atoms with Gasteiger partial charge in [-0.1, -0.05) is 120 Å². The highest BCUT2D eigenvalue weighted by atomic mass is 16.3. The van der Waals surface area contributed by atoms with E-state index in [-0.39, 0.29) is 78.6 Å². The predicted molar refractivity (Wildman–Crippen MR) is 278 cm³/mol. The summed E-state index contributed by atoms with van der Waals surface area (Å²) in [4.78, 5) is 0. The van der Waals surface area contributed by atoms with Gasteiger partial charge < -0.3 is 20.4 Å². The quantitative estimate of drug-likeness (QED) is 0.183. The Bertz CT molecular complexity index is 1680. The molecule has 0 aliphatic heterocycles. The van der Waals surface area contributed by atoms with E-state index in [9.17, 15) is 20.4 Å². The summed E-state index contributed by atoms with van der Waals surface area (Å²) in [6.07, 6.45) is 24.9. The fourth-order valence-corrected chi connectivity index (χ4v) is 21.1. The summed E-state index contributed by atoms with van der Waals surface area (Å²) in [6.45, 7) is 43.4. The molecule has 0 bridgehead atoms. The van der Waals surface area contributed by atoms with Crippen LogP contribution in [0.15, 0.2) is 23.3 Å². The average molecular weight is 918 g/mol. The van der Waals surface area contributed by atoms with Crippen LogP contribution in [0.2, 0.25) is 0 Å². The second kappa shape index (κ2) is 17.5. The Morgan fingerprint density at radius 3 is 1.08 bits per heavy atom. The van der Waals surface area contributed by atoms with E-state index in [1.807, 2.05) is 0 Å². The molecule has 4 nitrogen and oxygen atoms in total. The maximum atomic E-state index is 11.9. The van der Waals surface area contributed by atoms with Crippen LogP contribution in [0.1, 0.15) is 240 Å². The van der Waals surface area contributed by atoms with E-state index in [2.05, 4.69) is 137 Å². The molecule has 0 aromatic heterocycles. The van der Waals surface area contributed by atoms with E-state index >= 15 is 0 Å². The van der Waals surface area contributed by atoms with Crippen molar-refractivity contribution in [1.29, 1.82) is 0 Å². The van der Waals surface area contributed by atoms with Crippen LogP contribution in [-0.2, 0) is 0 Å². The molecule has 8 fully saturated rings. The summed E-state index contributed by atoms with van der Waals surface area (Å²) in [5, 5.41) is 45.5. The SMILES string of the molecule is CC(C)=CCCC(C)(C)C1CC[C@]2(C)C1[C@H](O)CC1[C@@]3(C)CC[C@H](O)C(C)(C)C3CC[C@]12C.CC(C)=CCCC(C)(C)C1CC[C@]2(C)C1[C@H](O)CC1[C@@]3(C)CC[C@H](O)C(C)(C)C3CC[C@]12C. The molecule has 0 amide bonds. The van der Waals surface area contributed by atoms with Gasteiger partial charge in [-0.15, -0.1) is 0 Å². The van der Waals surface area contributed by atoms with Gasteiger partial charge in [0.2, 0.25) is 0 Å². The van der Waals surface area contributed by atoms with Crippen molar-refractivity contribution in [2.24, 2.45) is 101 Å². The highest BCUT2D eigenvalue weighted by Crippen LogP contribution is 2.78. The zero-order valence-corrected chi connectivity index (χ0v) is 46.6. The molecule has 0 radical (unpaired) electrons. The average Bonchev–Trinajstić information content (AvgIpc) is 3.78. The molecular weight excluding hydrogens is 809 g/mol. The third-order valence-electron chi connectivity index (χ3n) is 25.4. The van der Waals surface area contributed by atoms with Crippen molar-refractivity contribution in [2.45, 2.75) is 265 Å². The minimum atomic E-state index is -0.186. The van der Waals surface area contributed by atoms with Crippen LogP contribution in [0.4, 0.5) is 0 Å². The summed E-state index contributed by atoms with van der Waals surface area (Å²) >= 11 is 0. The number of rotatable bonds is 8. The monoisotopic (exact) mass is 917 g/mol. The zero-order valence-electron chi connectivity index (χ0n) is 46.6. The maximum absolute atomic E-state index is 11.9. The van der Waals surface area contributed by atoms with Crippen molar-refractivity contribution >= 4 is 0 Å². The van der Waals surface area contributed by atoms with Gasteiger partial charge in [0.1, 0.15) is 0 Å². The van der Waals surface area contributed by atoms with Crippen molar-refractivity contribution in [3.63, 3.8) is 0 Å². The number of aliphatic hydroxyl groups is 4. The summed E-state index contributed by atoms with van der Waals surface area (Å²) in [5.41, 5.74) is 4.74. The molecule has 4 heteroatoms. The van der Waals surface area contributed by atoms with E-state index in [0.29, 0.717) is 47.3 Å². The lowest BCUT2D eigenvalue weighted by Gasteiger charge is -2.70. The summed E-state index contributed by atoms with van der Waals surface area (Å²) in [6, 6.07) is 0. The minimum Gasteiger partial charge on any atom is -0.393 e. The smallest absolute Gasteiger partial charge is 0.0594 e. The second-order valence-corrected chi connectivity index (χ2v) is 30.3. The minimum absolute atomic E-state index is 0.0256. The molecule has 8 aliphatic carbocycles. The number of allylic oxidation sites excluding steroid dienone is 4. The Kier molecular flexibility index (Phi) is 14.1. The largest absolute Gasteiger partial charge is 0.393 e. The van der Waals surface area contributed by atoms with Crippen LogP contribution in [0, 0.1) is 101 Å². The Labute approximate surface area is 408 Å². The lowest BCUT2D eigenvalue weighted by molar-refractivity contribution is -0.244. The molecule has 0 spiro atoms.